The van der Waals surface area contributed by atoms with Crippen LogP contribution in [0.2, 0.25) is 0 Å². The standard InChI is InChI=1S/C10H20N2O4S2/c11-9-3-1-2-4-10(9)12-18(15,16)8-5-6-17(13,14)7-8/h8-10,12H,1-7,11H2. The molecule has 3 N–H and O–H groups in total. The van der Waals surface area contributed by atoms with Gasteiger partial charge in [-0.1, -0.05) is 12.8 Å². The third kappa shape index (κ3) is 3.23. The van der Waals surface area contributed by atoms with Crippen molar-refractivity contribution in [3.8, 4) is 0 Å². The van der Waals surface area contributed by atoms with E-state index in [9.17, 15) is 16.8 Å². The molecule has 0 radical (unpaired) electrons. The molecule has 18 heavy (non-hydrogen) atoms. The van der Waals surface area contributed by atoms with Crippen molar-refractivity contribution < 1.29 is 16.8 Å². The normalized spacial score (nSPS) is 36.6. The molecule has 6 nitrogen and oxygen atoms in total. The van der Waals surface area contributed by atoms with E-state index in [1.54, 1.807) is 0 Å². The Morgan fingerprint density at radius 3 is 2.33 bits per heavy atom. The Kier molecular flexibility index (Phi) is 4.01. The van der Waals surface area contributed by atoms with Gasteiger partial charge in [-0.3, -0.25) is 0 Å². The molecule has 0 aromatic carbocycles. The molecule has 8 heteroatoms. The Morgan fingerprint density at radius 2 is 1.78 bits per heavy atom. The van der Waals surface area contributed by atoms with E-state index < -0.39 is 25.1 Å². The number of nitrogens with two attached hydrogens (primary N) is 1. The van der Waals surface area contributed by atoms with Gasteiger partial charge in [0.15, 0.2) is 9.84 Å². The zero-order valence-electron chi connectivity index (χ0n) is 10.2. The second-order valence-electron chi connectivity index (χ2n) is 5.24. The van der Waals surface area contributed by atoms with Gasteiger partial charge in [0.05, 0.1) is 16.8 Å². The minimum Gasteiger partial charge on any atom is -0.326 e. The summed E-state index contributed by atoms with van der Waals surface area (Å²) in [7, 11) is -6.76. The first kappa shape index (κ1) is 14.2. The number of sulfone groups is 1. The molecule has 1 saturated carbocycles. The summed E-state index contributed by atoms with van der Waals surface area (Å²) in [5.74, 6) is -0.292. The van der Waals surface area contributed by atoms with Gasteiger partial charge in [0.1, 0.15) is 0 Å². The largest absolute Gasteiger partial charge is 0.326 e. The molecule has 0 amide bonds. The van der Waals surface area contributed by atoms with E-state index in [0.717, 1.165) is 25.7 Å². The number of hydrogen-bond donors (Lipinski definition) is 2. The van der Waals surface area contributed by atoms with Crippen LogP contribution in [0.3, 0.4) is 0 Å². The second kappa shape index (κ2) is 5.07. The third-order valence-corrected chi connectivity index (χ3v) is 7.65. The fourth-order valence-electron chi connectivity index (χ4n) is 2.62. The molecule has 3 unspecified atom stereocenters. The molecule has 3 atom stereocenters. The zero-order chi connectivity index (χ0) is 13.4. The smallest absolute Gasteiger partial charge is 0.215 e. The van der Waals surface area contributed by atoms with E-state index in [4.69, 9.17) is 5.73 Å². The average molecular weight is 296 g/mol. The molecular weight excluding hydrogens is 276 g/mol. The van der Waals surface area contributed by atoms with Crippen LogP contribution in [0.15, 0.2) is 0 Å². The molecule has 1 saturated heterocycles. The molecule has 2 rings (SSSR count). The van der Waals surface area contributed by atoms with Gasteiger partial charge in [-0.2, -0.15) is 0 Å². The lowest BCUT2D eigenvalue weighted by Gasteiger charge is -2.29. The number of nitrogens with one attached hydrogen (secondary N) is 1. The van der Waals surface area contributed by atoms with Crippen LogP contribution in [-0.2, 0) is 19.9 Å². The van der Waals surface area contributed by atoms with E-state index >= 15 is 0 Å². The molecule has 1 aliphatic heterocycles. The van der Waals surface area contributed by atoms with Gasteiger partial charge in [-0.25, -0.2) is 21.6 Å². The summed E-state index contributed by atoms with van der Waals surface area (Å²) in [6.45, 7) is 0. The van der Waals surface area contributed by atoms with Crippen molar-refractivity contribution in [2.24, 2.45) is 5.73 Å². The van der Waals surface area contributed by atoms with Gasteiger partial charge in [0.2, 0.25) is 10.0 Å². The highest BCUT2D eigenvalue weighted by molar-refractivity contribution is 7.95. The van der Waals surface area contributed by atoms with Gasteiger partial charge in [-0.15, -0.1) is 0 Å². The highest BCUT2D eigenvalue weighted by Crippen LogP contribution is 2.22. The monoisotopic (exact) mass is 296 g/mol. The molecule has 2 fully saturated rings. The predicted molar refractivity (Wildman–Crippen MR) is 69.3 cm³/mol. The highest BCUT2D eigenvalue weighted by atomic mass is 32.2. The van der Waals surface area contributed by atoms with E-state index in [2.05, 4.69) is 4.72 Å². The van der Waals surface area contributed by atoms with Gasteiger partial charge >= 0.3 is 0 Å². The lowest BCUT2D eigenvalue weighted by Crippen LogP contribution is -2.51. The molecule has 106 valence electrons. The summed E-state index contributed by atoms with van der Waals surface area (Å²) >= 11 is 0. The van der Waals surface area contributed by atoms with Crippen molar-refractivity contribution in [3.63, 3.8) is 0 Å². The van der Waals surface area contributed by atoms with E-state index in [1.165, 1.54) is 0 Å². The van der Waals surface area contributed by atoms with Crippen LogP contribution in [0, 0.1) is 0 Å². The quantitative estimate of drug-likeness (QED) is 0.720. The van der Waals surface area contributed by atoms with Crippen LogP contribution in [0.1, 0.15) is 32.1 Å². The SMILES string of the molecule is NC1CCCCC1NS(=O)(=O)C1CCS(=O)(=O)C1. The maximum atomic E-state index is 12.1. The topological polar surface area (TPSA) is 106 Å². The van der Waals surface area contributed by atoms with Crippen molar-refractivity contribution in [3.05, 3.63) is 0 Å². The summed E-state index contributed by atoms with van der Waals surface area (Å²) in [6.07, 6.45) is 3.73. The minimum absolute atomic E-state index is 0.0324. The maximum absolute atomic E-state index is 12.1. The lowest BCUT2D eigenvalue weighted by atomic mass is 9.92. The van der Waals surface area contributed by atoms with Gasteiger partial charge in [0, 0.05) is 12.1 Å². The zero-order valence-corrected chi connectivity index (χ0v) is 11.8. The van der Waals surface area contributed by atoms with Crippen molar-refractivity contribution in [2.45, 2.75) is 49.4 Å². The van der Waals surface area contributed by atoms with Crippen molar-refractivity contribution in [1.29, 1.82) is 0 Å². The van der Waals surface area contributed by atoms with Gasteiger partial charge in [0.25, 0.3) is 0 Å². The molecule has 0 aromatic rings. The van der Waals surface area contributed by atoms with Crippen LogP contribution in [0.4, 0.5) is 0 Å². The van der Waals surface area contributed by atoms with Crippen LogP contribution in [-0.4, -0.2) is 45.7 Å². The highest BCUT2D eigenvalue weighted by Gasteiger charge is 2.39. The minimum atomic E-state index is -3.57. The first-order chi connectivity index (χ1) is 8.30. The lowest BCUT2D eigenvalue weighted by molar-refractivity contribution is 0.360. The molecule has 1 heterocycles. The molecule has 2 aliphatic rings. The Morgan fingerprint density at radius 1 is 1.11 bits per heavy atom. The molecular formula is C10H20N2O4S2. The maximum Gasteiger partial charge on any atom is 0.215 e. The van der Waals surface area contributed by atoms with Crippen LogP contribution >= 0.6 is 0 Å². The number of sulfonamides is 1. The summed E-state index contributed by atoms with van der Waals surface area (Å²) in [6, 6.07) is -0.404. The third-order valence-electron chi connectivity index (χ3n) is 3.76. The van der Waals surface area contributed by atoms with Gasteiger partial charge < -0.3 is 5.73 Å². The Bertz CT molecular complexity index is 500. The first-order valence-corrected chi connectivity index (χ1v) is 9.64. The Labute approximate surface area is 108 Å². The summed E-state index contributed by atoms with van der Waals surface area (Å²) in [5.41, 5.74) is 5.89. The number of rotatable bonds is 3. The Hall–Kier alpha value is -0.180. The van der Waals surface area contributed by atoms with Crippen LogP contribution in [0.25, 0.3) is 0 Å². The van der Waals surface area contributed by atoms with E-state index in [-0.39, 0.29) is 30.0 Å². The van der Waals surface area contributed by atoms with Gasteiger partial charge in [-0.05, 0) is 19.3 Å². The summed E-state index contributed by atoms with van der Waals surface area (Å²) in [4.78, 5) is 0. The molecule has 0 bridgehead atoms. The van der Waals surface area contributed by atoms with Crippen molar-refractivity contribution in [2.75, 3.05) is 11.5 Å². The number of hydrogen-bond acceptors (Lipinski definition) is 5. The van der Waals surface area contributed by atoms with Crippen molar-refractivity contribution >= 4 is 19.9 Å². The Balaban J connectivity index is 2.03. The second-order valence-corrected chi connectivity index (χ2v) is 9.46. The van der Waals surface area contributed by atoms with E-state index in [1.807, 2.05) is 0 Å². The predicted octanol–water partition coefficient (Wildman–Crippen LogP) is -0.637. The van der Waals surface area contributed by atoms with Crippen LogP contribution < -0.4 is 10.5 Å². The average Bonchev–Trinajstić information content (AvgIpc) is 2.63. The summed E-state index contributed by atoms with van der Waals surface area (Å²) < 4.78 is 49.5. The molecule has 0 aromatic heterocycles. The van der Waals surface area contributed by atoms with Crippen LogP contribution in [0.5, 0.6) is 0 Å². The molecule has 0 spiro atoms. The fourth-order valence-corrected chi connectivity index (χ4v) is 6.99. The van der Waals surface area contributed by atoms with Crippen molar-refractivity contribution in [1.82, 2.24) is 4.72 Å². The first-order valence-electron chi connectivity index (χ1n) is 6.27. The van der Waals surface area contributed by atoms with E-state index in [0.29, 0.717) is 0 Å². The molecule has 1 aliphatic carbocycles. The summed E-state index contributed by atoms with van der Waals surface area (Å²) in [5, 5.41) is -0.809. The fraction of sp³-hybridized carbons (Fsp3) is 1.00.